The van der Waals surface area contributed by atoms with E-state index in [4.69, 9.17) is 4.74 Å². The van der Waals surface area contributed by atoms with Gasteiger partial charge in [-0.15, -0.1) is 0 Å². The molecule has 0 radical (unpaired) electrons. The number of piperidine rings is 1. The van der Waals surface area contributed by atoms with Crippen molar-refractivity contribution in [1.29, 1.82) is 0 Å². The maximum absolute atomic E-state index is 12.5. The van der Waals surface area contributed by atoms with Crippen LogP contribution < -0.4 is 5.32 Å². The molecule has 0 spiro atoms. The lowest BCUT2D eigenvalue weighted by atomic mass is 9.92. The average Bonchev–Trinajstić information content (AvgIpc) is 2.52. The Morgan fingerprint density at radius 3 is 2.58 bits per heavy atom. The third-order valence-corrected chi connectivity index (χ3v) is 3.98. The van der Waals surface area contributed by atoms with Crippen LogP contribution in [-0.2, 0) is 4.74 Å². The molecule has 0 aromatic heterocycles. The normalized spacial score (nSPS) is 21.8. The van der Waals surface area contributed by atoms with Crippen molar-refractivity contribution in [3.05, 3.63) is 35.9 Å². The Labute approximate surface area is 142 Å². The van der Waals surface area contributed by atoms with E-state index < -0.39 is 12.0 Å². The van der Waals surface area contributed by atoms with Gasteiger partial charge in [-0.25, -0.2) is 13.6 Å². The Morgan fingerprint density at radius 1 is 1.33 bits per heavy atom. The number of nitrogens with one attached hydrogen (secondary N) is 1. The first kappa shape index (κ1) is 18.6. The number of halogens is 2. The monoisotopic (exact) mass is 340 g/mol. The van der Waals surface area contributed by atoms with Gasteiger partial charge in [-0.05, 0) is 39.2 Å². The van der Waals surface area contributed by atoms with Crippen molar-refractivity contribution in [2.75, 3.05) is 13.1 Å². The number of ether oxygens (including phenoxy) is 1. The number of likely N-dealkylation sites (tertiary alicyclic amines) is 1. The van der Waals surface area contributed by atoms with Gasteiger partial charge in [0.2, 0.25) is 0 Å². The predicted octanol–water partition coefficient (Wildman–Crippen LogP) is 3.98. The molecule has 2 rings (SSSR count). The second-order valence-electron chi connectivity index (χ2n) is 7.12. The minimum Gasteiger partial charge on any atom is -0.444 e. The van der Waals surface area contributed by atoms with Crippen molar-refractivity contribution in [3.63, 3.8) is 0 Å². The fourth-order valence-electron chi connectivity index (χ4n) is 2.94. The van der Waals surface area contributed by atoms with Gasteiger partial charge in [0.15, 0.2) is 0 Å². The maximum Gasteiger partial charge on any atom is 0.410 e. The minimum atomic E-state index is -2.37. The van der Waals surface area contributed by atoms with Gasteiger partial charge in [-0.1, -0.05) is 30.3 Å². The van der Waals surface area contributed by atoms with E-state index in [1.165, 1.54) is 0 Å². The molecule has 0 unspecified atom stereocenters. The Balaban J connectivity index is 2.13. The fourth-order valence-corrected chi connectivity index (χ4v) is 2.94. The predicted molar refractivity (Wildman–Crippen MR) is 89.2 cm³/mol. The Bertz CT molecular complexity index is 532. The van der Waals surface area contributed by atoms with Crippen molar-refractivity contribution in [2.45, 2.75) is 57.7 Å². The number of rotatable bonds is 4. The van der Waals surface area contributed by atoms with E-state index in [2.05, 4.69) is 5.32 Å². The van der Waals surface area contributed by atoms with Crippen molar-refractivity contribution >= 4 is 6.09 Å². The molecule has 1 aliphatic rings. The van der Waals surface area contributed by atoms with Gasteiger partial charge in [0, 0.05) is 12.6 Å². The molecule has 1 saturated heterocycles. The Morgan fingerprint density at radius 2 is 2.00 bits per heavy atom. The van der Waals surface area contributed by atoms with Gasteiger partial charge in [0.1, 0.15) is 5.60 Å². The molecule has 24 heavy (non-hydrogen) atoms. The molecule has 1 fully saturated rings. The smallest absolute Gasteiger partial charge is 0.410 e. The van der Waals surface area contributed by atoms with E-state index in [1.807, 2.05) is 51.1 Å². The summed E-state index contributed by atoms with van der Waals surface area (Å²) in [7, 11) is 0. The summed E-state index contributed by atoms with van der Waals surface area (Å²) in [5.74, 6) is 0. The zero-order valence-corrected chi connectivity index (χ0v) is 14.5. The van der Waals surface area contributed by atoms with E-state index in [-0.39, 0.29) is 24.7 Å². The fraction of sp³-hybridized carbons (Fsp3) is 0.611. The molecule has 1 aromatic carbocycles. The molecule has 1 aromatic rings. The van der Waals surface area contributed by atoms with Crippen LogP contribution in [0, 0.1) is 0 Å². The zero-order chi connectivity index (χ0) is 17.7. The lowest BCUT2D eigenvalue weighted by molar-refractivity contribution is 0.00579. The summed E-state index contributed by atoms with van der Waals surface area (Å²) >= 11 is 0. The number of amides is 1. The molecule has 1 N–H and O–H groups in total. The van der Waals surface area contributed by atoms with Crippen molar-refractivity contribution < 1.29 is 18.3 Å². The van der Waals surface area contributed by atoms with Crippen LogP contribution in [-0.4, -0.2) is 42.2 Å². The van der Waals surface area contributed by atoms with Crippen molar-refractivity contribution in [2.24, 2.45) is 0 Å². The highest BCUT2D eigenvalue weighted by molar-refractivity contribution is 5.69. The SMILES string of the molecule is CC(C)(C)OC(=O)N1CC[C@H](NCC(F)F)C[C@H]1c1ccccc1. The number of hydrogen-bond acceptors (Lipinski definition) is 3. The Kier molecular flexibility index (Phi) is 6.15. The summed E-state index contributed by atoms with van der Waals surface area (Å²) in [5, 5.41) is 2.90. The van der Waals surface area contributed by atoms with Crippen molar-refractivity contribution in [1.82, 2.24) is 10.2 Å². The van der Waals surface area contributed by atoms with Gasteiger partial charge in [0.25, 0.3) is 6.43 Å². The number of carbonyl (C=O) groups excluding carboxylic acids is 1. The quantitative estimate of drug-likeness (QED) is 0.901. The molecule has 1 amide bonds. The van der Waals surface area contributed by atoms with Crippen LogP contribution in [0.1, 0.15) is 45.2 Å². The number of hydrogen-bond donors (Lipinski definition) is 1. The summed E-state index contributed by atoms with van der Waals surface area (Å²) in [5.41, 5.74) is 0.426. The van der Waals surface area contributed by atoms with Crippen LogP contribution in [0.25, 0.3) is 0 Å². The molecule has 1 heterocycles. The van der Waals surface area contributed by atoms with Gasteiger partial charge in [-0.3, -0.25) is 0 Å². The van der Waals surface area contributed by atoms with Gasteiger partial charge >= 0.3 is 6.09 Å². The topological polar surface area (TPSA) is 41.6 Å². The standard InChI is InChI=1S/C18H26F2N2O2/c1-18(2,3)24-17(23)22-10-9-14(21-12-16(19)20)11-15(22)13-7-5-4-6-8-13/h4-8,14-16,21H,9-12H2,1-3H3/t14-,15-/m0/s1. The van der Waals surface area contributed by atoms with Gasteiger partial charge in [0.05, 0.1) is 12.6 Å². The summed E-state index contributed by atoms with van der Waals surface area (Å²) < 4.78 is 30.4. The number of alkyl halides is 2. The molecule has 134 valence electrons. The second-order valence-corrected chi connectivity index (χ2v) is 7.12. The molecule has 0 saturated carbocycles. The van der Waals surface area contributed by atoms with Crippen LogP contribution in [0.5, 0.6) is 0 Å². The summed E-state index contributed by atoms with van der Waals surface area (Å²) in [4.78, 5) is 14.2. The van der Waals surface area contributed by atoms with Crippen LogP contribution in [0.15, 0.2) is 30.3 Å². The molecule has 1 aliphatic heterocycles. The number of nitrogens with zero attached hydrogens (tertiary/aromatic N) is 1. The highest BCUT2D eigenvalue weighted by Gasteiger charge is 2.35. The first-order valence-electron chi connectivity index (χ1n) is 8.32. The van der Waals surface area contributed by atoms with Crippen molar-refractivity contribution in [3.8, 4) is 0 Å². The van der Waals surface area contributed by atoms with Crippen LogP contribution in [0.3, 0.4) is 0 Å². The molecular weight excluding hydrogens is 314 g/mol. The van der Waals surface area contributed by atoms with E-state index in [0.717, 1.165) is 5.56 Å². The highest BCUT2D eigenvalue weighted by Crippen LogP contribution is 2.32. The number of benzene rings is 1. The van der Waals surface area contributed by atoms with Gasteiger partial charge < -0.3 is 15.0 Å². The first-order valence-corrected chi connectivity index (χ1v) is 8.32. The van der Waals surface area contributed by atoms with Crippen LogP contribution in [0.2, 0.25) is 0 Å². The first-order chi connectivity index (χ1) is 11.3. The summed E-state index contributed by atoms with van der Waals surface area (Å²) in [6.07, 6.45) is -1.50. The third-order valence-electron chi connectivity index (χ3n) is 3.98. The second kappa shape index (κ2) is 7.92. The van der Waals surface area contributed by atoms with Gasteiger partial charge in [-0.2, -0.15) is 0 Å². The van der Waals surface area contributed by atoms with E-state index >= 15 is 0 Å². The molecule has 4 nitrogen and oxygen atoms in total. The lowest BCUT2D eigenvalue weighted by Gasteiger charge is -2.40. The number of carbonyl (C=O) groups is 1. The van der Waals surface area contributed by atoms with Crippen LogP contribution in [0.4, 0.5) is 13.6 Å². The highest BCUT2D eigenvalue weighted by atomic mass is 19.3. The summed E-state index contributed by atoms with van der Waals surface area (Å²) in [6, 6.07) is 9.44. The largest absolute Gasteiger partial charge is 0.444 e. The maximum atomic E-state index is 12.5. The molecule has 0 aliphatic carbocycles. The minimum absolute atomic E-state index is 0.0390. The summed E-state index contributed by atoms with van der Waals surface area (Å²) in [6.45, 7) is 5.66. The molecule has 2 atom stereocenters. The average molecular weight is 340 g/mol. The zero-order valence-electron chi connectivity index (χ0n) is 14.5. The van der Waals surface area contributed by atoms with E-state index in [9.17, 15) is 13.6 Å². The molecule has 6 heteroatoms. The lowest BCUT2D eigenvalue weighted by Crippen LogP contribution is -2.48. The third kappa shape index (κ3) is 5.44. The van der Waals surface area contributed by atoms with Crippen LogP contribution >= 0.6 is 0 Å². The van der Waals surface area contributed by atoms with E-state index in [1.54, 1.807) is 4.90 Å². The molecule has 0 bridgehead atoms. The Hall–Kier alpha value is -1.69. The molecular formula is C18H26F2N2O2. The van der Waals surface area contributed by atoms with E-state index in [0.29, 0.717) is 19.4 Å².